The third-order valence-corrected chi connectivity index (χ3v) is 5.19. The molecular formula is C16H30N2O2. The van der Waals surface area contributed by atoms with Gasteiger partial charge in [-0.25, -0.2) is 0 Å². The topological polar surface area (TPSA) is 52.6 Å². The molecule has 0 bridgehead atoms. The van der Waals surface area contributed by atoms with Crippen LogP contribution in [-0.2, 0) is 4.79 Å². The van der Waals surface area contributed by atoms with Crippen LogP contribution >= 0.6 is 0 Å². The van der Waals surface area contributed by atoms with Crippen LogP contribution in [0.4, 0.5) is 0 Å². The number of hydrogen-bond donors (Lipinski definition) is 2. The predicted octanol–water partition coefficient (Wildman–Crippen LogP) is 2.34. The molecule has 20 heavy (non-hydrogen) atoms. The summed E-state index contributed by atoms with van der Waals surface area (Å²) in [5, 5.41) is 13.1. The molecule has 2 N–H and O–H groups in total. The van der Waals surface area contributed by atoms with Crippen LogP contribution in [0.15, 0.2) is 0 Å². The lowest BCUT2D eigenvalue weighted by Gasteiger charge is -2.33. The van der Waals surface area contributed by atoms with E-state index in [1.807, 2.05) is 0 Å². The lowest BCUT2D eigenvalue weighted by atomic mass is 9.84. The fraction of sp³-hybridized carbons (Fsp3) is 0.938. The second-order valence-corrected chi connectivity index (χ2v) is 6.78. The Balaban J connectivity index is 1.92. The Morgan fingerprint density at radius 1 is 1.45 bits per heavy atom. The van der Waals surface area contributed by atoms with Gasteiger partial charge in [-0.05, 0) is 63.6 Å². The molecule has 4 nitrogen and oxygen atoms in total. The fourth-order valence-corrected chi connectivity index (χ4v) is 3.97. The molecule has 1 aliphatic heterocycles. The van der Waals surface area contributed by atoms with E-state index in [1.54, 1.807) is 0 Å². The summed E-state index contributed by atoms with van der Waals surface area (Å²) in [5.74, 6) is 0.465. The number of carbonyl (C=O) groups is 1. The van der Waals surface area contributed by atoms with Crippen LogP contribution in [-0.4, -0.2) is 47.7 Å². The van der Waals surface area contributed by atoms with Gasteiger partial charge in [-0.2, -0.15) is 0 Å². The summed E-state index contributed by atoms with van der Waals surface area (Å²) in [6.45, 7) is 8.66. The number of carboxylic acid groups (broad SMARTS) is 1. The van der Waals surface area contributed by atoms with E-state index < -0.39 is 11.5 Å². The van der Waals surface area contributed by atoms with Crippen molar-refractivity contribution in [3.05, 3.63) is 0 Å². The van der Waals surface area contributed by atoms with Crippen molar-refractivity contribution in [2.45, 2.75) is 57.9 Å². The zero-order valence-corrected chi connectivity index (χ0v) is 13.0. The van der Waals surface area contributed by atoms with Crippen LogP contribution in [0.5, 0.6) is 0 Å². The molecule has 4 heteroatoms. The highest BCUT2D eigenvalue weighted by atomic mass is 16.4. The monoisotopic (exact) mass is 282 g/mol. The molecule has 3 atom stereocenters. The van der Waals surface area contributed by atoms with Crippen LogP contribution < -0.4 is 5.32 Å². The van der Waals surface area contributed by atoms with E-state index in [2.05, 4.69) is 24.1 Å². The Morgan fingerprint density at radius 3 is 2.85 bits per heavy atom. The van der Waals surface area contributed by atoms with Gasteiger partial charge < -0.3 is 15.3 Å². The fourth-order valence-electron chi connectivity index (χ4n) is 3.97. The maximum Gasteiger partial charge on any atom is 0.324 e. The zero-order valence-electron chi connectivity index (χ0n) is 13.0. The Kier molecular flexibility index (Phi) is 5.44. The number of aliphatic carboxylic acids is 1. The molecule has 0 aromatic carbocycles. The quantitative estimate of drug-likeness (QED) is 0.752. The van der Waals surface area contributed by atoms with E-state index in [1.165, 1.54) is 19.5 Å². The molecule has 3 unspecified atom stereocenters. The summed E-state index contributed by atoms with van der Waals surface area (Å²) in [7, 11) is 0. The maximum atomic E-state index is 11.8. The molecule has 2 rings (SSSR count). The van der Waals surface area contributed by atoms with Crippen LogP contribution in [0.1, 0.15) is 52.4 Å². The van der Waals surface area contributed by atoms with Crippen molar-refractivity contribution in [1.29, 1.82) is 0 Å². The standard InChI is InChI=1S/C16H30N2O2/c1-3-9-17-16(15(19)20)8-4-5-14(16)7-11-18-10-6-13(2)12-18/h13-14,17H,3-12H2,1-2H3,(H,19,20). The summed E-state index contributed by atoms with van der Waals surface area (Å²) >= 11 is 0. The van der Waals surface area contributed by atoms with Gasteiger partial charge >= 0.3 is 5.97 Å². The molecule has 0 aromatic rings. The molecule has 2 fully saturated rings. The molecule has 0 spiro atoms. The summed E-state index contributed by atoms with van der Waals surface area (Å²) in [5.41, 5.74) is -0.651. The number of rotatable bonds is 7. The first-order chi connectivity index (χ1) is 9.58. The minimum atomic E-state index is -0.651. The SMILES string of the molecule is CCCNC1(C(=O)O)CCCC1CCN1CCC(C)C1. The van der Waals surface area contributed by atoms with Crippen molar-refractivity contribution in [3.63, 3.8) is 0 Å². The van der Waals surface area contributed by atoms with Gasteiger partial charge in [-0.3, -0.25) is 4.79 Å². The van der Waals surface area contributed by atoms with Gasteiger partial charge in [-0.15, -0.1) is 0 Å². The second kappa shape index (κ2) is 6.90. The van der Waals surface area contributed by atoms with Crippen LogP contribution in [0, 0.1) is 11.8 Å². The number of nitrogens with zero attached hydrogens (tertiary/aromatic N) is 1. The minimum Gasteiger partial charge on any atom is -0.480 e. The largest absolute Gasteiger partial charge is 0.480 e. The Bertz CT molecular complexity index is 334. The number of likely N-dealkylation sites (tertiary alicyclic amines) is 1. The molecular weight excluding hydrogens is 252 g/mol. The minimum absolute atomic E-state index is 0.294. The van der Waals surface area contributed by atoms with Crippen molar-refractivity contribution >= 4 is 5.97 Å². The summed E-state index contributed by atoms with van der Waals surface area (Å²) in [6, 6.07) is 0. The molecule has 0 aromatic heterocycles. The summed E-state index contributed by atoms with van der Waals surface area (Å²) in [4.78, 5) is 14.3. The highest BCUT2D eigenvalue weighted by Gasteiger charge is 2.48. The average molecular weight is 282 g/mol. The summed E-state index contributed by atoms with van der Waals surface area (Å²) in [6.07, 6.45) is 6.21. The lowest BCUT2D eigenvalue weighted by Crippen LogP contribution is -2.55. The maximum absolute atomic E-state index is 11.8. The van der Waals surface area contributed by atoms with Crippen molar-refractivity contribution in [1.82, 2.24) is 10.2 Å². The third kappa shape index (κ3) is 3.34. The van der Waals surface area contributed by atoms with Gasteiger partial charge in [0.15, 0.2) is 0 Å². The molecule has 116 valence electrons. The molecule has 1 heterocycles. The Labute approximate surface area is 122 Å². The third-order valence-electron chi connectivity index (χ3n) is 5.19. The molecule has 0 radical (unpaired) electrons. The molecule has 0 amide bonds. The smallest absolute Gasteiger partial charge is 0.324 e. The molecule has 1 aliphatic carbocycles. The van der Waals surface area contributed by atoms with E-state index >= 15 is 0 Å². The Morgan fingerprint density at radius 2 is 2.25 bits per heavy atom. The van der Waals surface area contributed by atoms with Crippen LogP contribution in [0.25, 0.3) is 0 Å². The zero-order chi connectivity index (χ0) is 14.6. The first-order valence-corrected chi connectivity index (χ1v) is 8.29. The van der Waals surface area contributed by atoms with Crippen molar-refractivity contribution in [3.8, 4) is 0 Å². The normalized spacial score (nSPS) is 34.7. The van der Waals surface area contributed by atoms with Crippen molar-refractivity contribution in [2.75, 3.05) is 26.2 Å². The van der Waals surface area contributed by atoms with Gasteiger partial charge in [0.05, 0.1) is 0 Å². The van der Waals surface area contributed by atoms with E-state index in [9.17, 15) is 9.90 Å². The van der Waals surface area contributed by atoms with Crippen LogP contribution in [0.2, 0.25) is 0 Å². The van der Waals surface area contributed by atoms with Gasteiger partial charge in [0.2, 0.25) is 0 Å². The highest BCUT2D eigenvalue weighted by Crippen LogP contribution is 2.38. The van der Waals surface area contributed by atoms with Crippen molar-refractivity contribution in [2.24, 2.45) is 11.8 Å². The predicted molar refractivity (Wildman–Crippen MR) is 80.8 cm³/mol. The van der Waals surface area contributed by atoms with E-state index in [4.69, 9.17) is 0 Å². The van der Waals surface area contributed by atoms with Gasteiger partial charge in [0, 0.05) is 6.54 Å². The van der Waals surface area contributed by atoms with Crippen molar-refractivity contribution < 1.29 is 9.90 Å². The first kappa shape index (κ1) is 15.8. The average Bonchev–Trinajstić information content (AvgIpc) is 3.01. The second-order valence-electron chi connectivity index (χ2n) is 6.78. The molecule has 1 saturated carbocycles. The molecule has 2 aliphatic rings. The van der Waals surface area contributed by atoms with E-state index in [0.717, 1.165) is 51.1 Å². The number of carboxylic acids is 1. The highest BCUT2D eigenvalue weighted by molar-refractivity contribution is 5.79. The first-order valence-electron chi connectivity index (χ1n) is 8.29. The van der Waals surface area contributed by atoms with Crippen LogP contribution in [0.3, 0.4) is 0 Å². The number of nitrogens with one attached hydrogen (secondary N) is 1. The lowest BCUT2D eigenvalue weighted by molar-refractivity contribution is -0.146. The van der Waals surface area contributed by atoms with E-state index in [0.29, 0.717) is 5.92 Å². The number of hydrogen-bond acceptors (Lipinski definition) is 3. The van der Waals surface area contributed by atoms with Gasteiger partial charge in [0.25, 0.3) is 0 Å². The Hall–Kier alpha value is -0.610. The molecule has 1 saturated heterocycles. The summed E-state index contributed by atoms with van der Waals surface area (Å²) < 4.78 is 0. The van der Waals surface area contributed by atoms with Gasteiger partial charge in [0.1, 0.15) is 5.54 Å². The van der Waals surface area contributed by atoms with Gasteiger partial charge in [-0.1, -0.05) is 20.3 Å². The van der Waals surface area contributed by atoms with E-state index in [-0.39, 0.29) is 0 Å².